The number of hydrogen-bond donors (Lipinski definition) is 1. The van der Waals surface area contributed by atoms with E-state index in [4.69, 9.17) is 0 Å². The predicted molar refractivity (Wildman–Crippen MR) is 93.1 cm³/mol. The Labute approximate surface area is 154 Å². The molecule has 0 radical (unpaired) electrons. The van der Waals surface area contributed by atoms with Crippen LogP contribution in [0.15, 0.2) is 24.4 Å². The Morgan fingerprint density at radius 1 is 1.00 bits per heavy atom. The van der Waals surface area contributed by atoms with Crippen molar-refractivity contribution in [1.29, 1.82) is 0 Å². The van der Waals surface area contributed by atoms with Gasteiger partial charge in [0, 0.05) is 25.6 Å². The molecule has 27 heavy (non-hydrogen) atoms. The predicted octanol–water partition coefficient (Wildman–Crippen LogP) is 0.681. The average Bonchev–Trinajstić information content (AvgIpc) is 3.15. The standard InChI is InChI=1S/C19H17N3O5/c23-15-6-5-14(17(25)20-15)22-18(26)12-4-3-11(10-13(12)19(22)27)7-9-21-8-1-2-16(21)24/h3-4,7,9-10,14H,1-2,5-6,8H2,(H,20,23,25)/b9-7+. The summed E-state index contributed by atoms with van der Waals surface area (Å²) in [6.45, 7) is 0.668. The first kappa shape index (κ1) is 17.1. The minimum atomic E-state index is -0.976. The molecule has 8 heteroatoms. The summed E-state index contributed by atoms with van der Waals surface area (Å²) >= 11 is 0. The quantitative estimate of drug-likeness (QED) is 0.792. The van der Waals surface area contributed by atoms with Gasteiger partial charge in [-0.3, -0.25) is 34.2 Å². The van der Waals surface area contributed by atoms with Gasteiger partial charge in [0.15, 0.2) is 0 Å². The Morgan fingerprint density at radius 2 is 1.78 bits per heavy atom. The molecule has 4 rings (SSSR count). The number of nitrogens with zero attached hydrogens (tertiary/aromatic N) is 2. The topological polar surface area (TPSA) is 104 Å². The Hall–Kier alpha value is -3.29. The third-order valence-electron chi connectivity index (χ3n) is 5.02. The fourth-order valence-corrected chi connectivity index (χ4v) is 3.59. The molecule has 1 atom stereocenters. The molecule has 3 aliphatic rings. The van der Waals surface area contributed by atoms with Crippen molar-refractivity contribution in [2.75, 3.05) is 6.54 Å². The number of fused-ring (bicyclic) bond motifs is 1. The molecule has 0 aliphatic carbocycles. The van der Waals surface area contributed by atoms with Gasteiger partial charge in [-0.1, -0.05) is 6.07 Å². The second kappa shape index (κ2) is 6.46. The van der Waals surface area contributed by atoms with Crippen LogP contribution in [0.25, 0.3) is 6.08 Å². The zero-order valence-electron chi connectivity index (χ0n) is 14.4. The number of piperidine rings is 1. The maximum atomic E-state index is 12.7. The number of likely N-dealkylation sites (tertiary alicyclic amines) is 1. The molecule has 5 amide bonds. The second-order valence-electron chi connectivity index (χ2n) is 6.76. The van der Waals surface area contributed by atoms with Crippen molar-refractivity contribution in [2.24, 2.45) is 0 Å². The van der Waals surface area contributed by atoms with Gasteiger partial charge in [0.25, 0.3) is 11.8 Å². The van der Waals surface area contributed by atoms with E-state index in [0.717, 1.165) is 11.3 Å². The first-order chi connectivity index (χ1) is 13.0. The van der Waals surface area contributed by atoms with Gasteiger partial charge in [0.1, 0.15) is 6.04 Å². The van der Waals surface area contributed by atoms with E-state index in [1.807, 2.05) is 0 Å². The lowest BCUT2D eigenvalue weighted by atomic mass is 10.0. The third-order valence-corrected chi connectivity index (χ3v) is 5.02. The number of nitrogens with one attached hydrogen (secondary N) is 1. The molecule has 1 aromatic carbocycles. The molecule has 0 saturated carbocycles. The molecule has 3 aliphatic heterocycles. The highest BCUT2D eigenvalue weighted by Crippen LogP contribution is 2.28. The smallest absolute Gasteiger partial charge is 0.262 e. The van der Waals surface area contributed by atoms with E-state index in [2.05, 4.69) is 5.32 Å². The molecule has 2 saturated heterocycles. The van der Waals surface area contributed by atoms with Gasteiger partial charge in [-0.05, 0) is 36.6 Å². The minimum absolute atomic E-state index is 0.0581. The molecule has 0 aromatic heterocycles. The van der Waals surface area contributed by atoms with E-state index in [1.165, 1.54) is 0 Å². The number of amides is 5. The summed E-state index contributed by atoms with van der Waals surface area (Å²) in [6, 6.07) is 3.84. The molecule has 8 nitrogen and oxygen atoms in total. The lowest BCUT2D eigenvalue weighted by molar-refractivity contribution is -0.136. The zero-order valence-corrected chi connectivity index (χ0v) is 14.4. The third kappa shape index (κ3) is 2.92. The summed E-state index contributed by atoms with van der Waals surface area (Å²) in [5, 5.41) is 2.17. The van der Waals surface area contributed by atoms with E-state index in [-0.39, 0.29) is 29.9 Å². The Morgan fingerprint density at radius 3 is 2.48 bits per heavy atom. The van der Waals surface area contributed by atoms with Crippen molar-refractivity contribution in [2.45, 2.75) is 31.7 Å². The summed E-state index contributed by atoms with van der Waals surface area (Å²) in [5.41, 5.74) is 1.14. The zero-order chi connectivity index (χ0) is 19.1. The lowest BCUT2D eigenvalue weighted by Crippen LogP contribution is -2.54. The van der Waals surface area contributed by atoms with Crippen LogP contribution in [-0.4, -0.2) is 51.9 Å². The summed E-state index contributed by atoms with van der Waals surface area (Å²) in [5.74, 6) is -2.06. The highest BCUT2D eigenvalue weighted by atomic mass is 16.2. The molecule has 3 heterocycles. The van der Waals surface area contributed by atoms with Crippen molar-refractivity contribution in [3.05, 3.63) is 41.1 Å². The first-order valence-electron chi connectivity index (χ1n) is 8.79. The van der Waals surface area contributed by atoms with E-state index in [0.29, 0.717) is 18.5 Å². The number of imide groups is 2. The fourth-order valence-electron chi connectivity index (χ4n) is 3.59. The summed E-state index contributed by atoms with van der Waals surface area (Å²) in [6.07, 6.45) is 4.96. The first-order valence-corrected chi connectivity index (χ1v) is 8.79. The molecule has 1 unspecified atom stereocenters. The van der Waals surface area contributed by atoms with Gasteiger partial charge in [-0.2, -0.15) is 0 Å². The molecule has 2 fully saturated rings. The minimum Gasteiger partial charge on any atom is -0.319 e. The van der Waals surface area contributed by atoms with Gasteiger partial charge >= 0.3 is 0 Å². The van der Waals surface area contributed by atoms with Gasteiger partial charge < -0.3 is 4.90 Å². The number of carbonyl (C=O) groups is 5. The monoisotopic (exact) mass is 367 g/mol. The highest BCUT2D eigenvalue weighted by molar-refractivity contribution is 6.23. The van der Waals surface area contributed by atoms with Crippen LogP contribution >= 0.6 is 0 Å². The molecule has 138 valence electrons. The average molecular weight is 367 g/mol. The SMILES string of the molecule is O=C1CCC(N2C(=O)c3ccc(/C=C/N4CCCC4=O)cc3C2=O)C(=O)N1. The van der Waals surface area contributed by atoms with E-state index < -0.39 is 29.7 Å². The van der Waals surface area contributed by atoms with Crippen molar-refractivity contribution < 1.29 is 24.0 Å². The molecule has 1 N–H and O–H groups in total. The van der Waals surface area contributed by atoms with Crippen molar-refractivity contribution in [3.8, 4) is 0 Å². The fraction of sp³-hybridized carbons (Fsp3) is 0.316. The van der Waals surface area contributed by atoms with E-state index >= 15 is 0 Å². The van der Waals surface area contributed by atoms with Crippen LogP contribution in [0.1, 0.15) is 52.0 Å². The maximum Gasteiger partial charge on any atom is 0.262 e. The van der Waals surface area contributed by atoms with E-state index in [1.54, 1.807) is 35.4 Å². The second-order valence-corrected chi connectivity index (χ2v) is 6.76. The summed E-state index contributed by atoms with van der Waals surface area (Å²) in [7, 11) is 0. The van der Waals surface area contributed by atoms with Crippen molar-refractivity contribution >= 4 is 35.6 Å². The molecular weight excluding hydrogens is 350 g/mol. The normalized spacial score (nSPS) is 22.8. The van der Waals surface area contributed by atoms with Crippen LogP contribution in [0, 0.1) is 0 Å². The molecule has 0 spiro atoms. The Kier molecular flexibility index (Phi) is 4.10. The van der Waals surface area contributed by atoms with Crippen LogP contribution in [-0.2, 0) is 14.4 Å². The van der Waals surface area contributed by atoms with Gasteiger partial charge in [-0.25, -0.2) is 0 Å². The van der Waals surface area contributed by atoms with Gasteiger partial charge in [0.2, 0.25) is 17.7 Å². The van der Waals surface area contributed by atoms with E-state index in [9.17, 15) is 24.0 Å². The summed E-state index contributed by atoms with van der Waals surface area (Å²) < 4.78 is 0. The van der Waals surface area contributed by atoms with Crippen LogP contribution in [0.2, 0.25) is 0 Å². The molecular formula is C19H17N3O5. The van der Waals surface area contributed by atoms with Crippen LogP contribution in [0.3, 0.4) is 0 Å². The molecule has 0 bridgehead atoms. The Balaban J connectivity index is 1.58. The number of hydrogen-bond acceptors (Lipinski definition) is 5. The molecule has 1 aromatic rings. The van der Waals surface area contributed by atoms with Gasteiger partial charge in [-0.15, -0.1) is 0 Å². The van der Waals surface area contributed by atoms with Crippen molar-refractivity contribution in [3.63, 3.8) is 0 Å². The Bertz CT molecular complexity index is 920. The maximum absolute atomic E-state index is 12.7. The van der Waals surface area contributed by atoms with Crippen LogP contribution in [0.5, 0.6) is 0 Å². The van der Waals surface area contributed by atoms with Crippen LogP contribution < -0.4 is 5.32 Å². The van der Waals surface area contributed by atoms with Crippen molar-refractivity contribution in [1.82, 2.24) is 15.1 Å². The lowest BCUT2D eigenvalue weighted by Gasteiger charge is -2.27. The van der Waals surface area contributed by atoms with Gasteiger partial charge in [0.05, 0.1) is 11.1 Å². The number of rotatable bonds is 3. The highest BCUT2D eigenvalue weighted by Gasteiger charge is 2.44. The largest absolute Gasteiger partial charge is 0.319 e. The number of benzene rings is 1. The number of carbonyl (C=O) groups excluding carboxylic acids is 5. The van der Waals surface area contributed by atoms with Crippen LogP contribution in [0.4, 0.5) is 0 Å². The summed E-state index contributed by atoms with van der Waals surface area (Å²) in [4.78, 5) is 62.9.